The standard InChI is InChI=1S/C16H21NO5/c1-11(2)15(19)13(17-16(20)21-3)9-14(18)22-10-12-7-5-4-6-8-12/h4-8,11,13H,9-10H2,1-3H3,(H,17,20)/t13-/m0/s1. The van der Waals surface area contributed by atoms with Crippen LogP contribution in [0.5, 0.6) is 0 Å². The molecule has 0 saturated heterocycles. The van der Waals surface area contributed by atoms with Crippen molar-refractivity contribution < 1.29 is 23.9 Å². The van der Waals surface area contributed by atoms with Gasteiger partial charge >= 0.3 is 12.1 Å². The van der Waals surface area contributed by atoms with Gasteiger partial charge in [-0.2, -0.15) is 0 Å². The predicted octanol–water partition coefficient (Wildman–Crippen LogP) is 2.07. The van der Waals surface area contributed by atoms with Gasteiger partial charge in [-0.1, -0.05) is 44.2 Å². The first kappa shape index (κ1) is 17.7. The topological polar surface area (TPSA) is 81.7 Å². The number of hydrogen-bond acceptors (Lipinski definition) is 5. The predicted molar refractivity (Wildman–Crippen MR) is 80.0 cm³/mol. The summed E-state index contributed by atoms with van der Waals surface area (Å²) in [6.45, 7) is 3.52. The van der Waals surface area contributed by atoms with E-state index in [2.05, 4.69) is 10.1 Å². The maximum absolute atomic E-state index is 12.0. The zero-order chi connectivity index (χ0) is 16.5. The molecule has 0 aromatic heterocycles. The Balaban J connectivity index is 2.58. The number of benzene rings is 1. The average molecular weight is 307 g/mol. The molecule has 1 atom stereocenters. The molecule has 1 amide bonds. The normalized spacial score (nSPS) is 11.6. The van der Waals surface area contributed by atoms with Crippen molar-refractivity contribution in [2.24, 2.45) is 5.92 Å². The van der Waals surface area contributed by atoms with E-state index in [1.165, 1.54) is 7.11 Å². The molecule has 6 heteroatoms. The molecule has 0 aliphatic rings. The third-order valence-electron chi connectivity index (χ3n) is 3.00. The number of alkyl carbamates (subject to hydrolysis) is 1. The number of carbonyl (C=O) groups is 3. The summed E-state index contributed by atoms with van der Waals surface area (Å²) in [7, 11) is 1.19. The Morgan fingerprint density at radius 2 is 1.77 bits per heavy atom. The van der Waals surface area contributed by atoms with Gasteiger partial charge in [0.25, 0.3) is 0 Å². The van der Waals surface area contributed by atoms with Crippen molar-refractivity contribution in [3.8, 4) is 0 Å². The van der Waals surface area contributed by atoms with Crippen LogP contribution in [0.3, 0.4) is 0 Å². The molecule has 0 fully saturated rings. The van der Waals surface area contributed by atoms with E-state index in [1.54, 1.807) is 13.8 Å². The number of carbonyl (C=O) groups excluding carboxylic acids is 3. The molecule has 1 N–H and O–H groups in total. The van der Waals surface area contributed by atoms with Crippen molar-refractivity contribution >= 4 is 17.8 Å². The number of methoxy groups -OCH3 is 1. The van der Waals surface area contributed by atoms with Crippen LogP contribution >= 0.6 is 0 Å². The monoisotopic (exact) mass is 307 g/mol. The molecule has 1 aromatic rings. The van der Waals surface area contributed by atoms with Crippen molar-refractivity contribution in [1.29, 1.82) is 0 Å². The van der Waals surface area contributed by atoms with Gasteiger partial charge in [0.1, 0.15) is 12.6 Å². The van der Waals surface area contributed by atoms with E-state index in [1.807, 2.05) is 30.3 Å². The van der Waals surface area contributed by atoms with Gasteiger partial charge in [-0.3, -0.25) is 9.59 Å². The number of ketones is 1. The summed E-state index contributed by atoms with van der Waals surface area (Å²) in [4.78, 5) is 35.2. The number of ether oxygens (including phenoxy) is 2. The SMILES string of the molecule is COC(=O)N[C@@H](CC(=O)OCc1ccccc1)C(=O)C(C)C. The van der Waals surface area contributed by atoms with Crippen LogP contribution in [0, 0.1) is 5.92 Å². The zero-order valence-corrected chi connectivity index (χ0v) is 13.0. The molecule has 6 nitrogen and oxygen atoms in total. The third kappa shape index (κ3) is 5.95. The van der Waals surface area contributed by atoms with Crippen molar-refractivity contribution in [1.82, 2.24) is 5.32 Å². The van der Waals surface area contributed by atoms with Gasteiger partial charge in [0.2, 0.25) is 0 Å². The molecular weight excluding hydrogens is 286 g/mol. The maximum Gasteiger partial charge on any atom is 0.407 e. The summed E-state index contributed by atoms with van der Waals surface area (Å²) in [6, 6.07) is 8.26. The van der Waals surface area contributed by atoms with Gasteiger partial charge in [-0.15, -0.1) is 0 Å². The Hall–Kier alpha value is -2.37. The fourth-order valence-electron chi connectivity index (χ4n) is 1.79. The average Bonchev–Trinajstić information content (AvgIpc) is 2.52. The van der Waals surface area contributed by atoms with Crippen LogP contribution < -0.4 is 5.32 Å². The van der Waals surface area contributed by atoms with E-state index in [-0.39, 0.29) is 24.7 Å². The second kappa shape index (κ2) is 8.81. The highest BCUT2D eigenvalue weighted by atomic mass is 16.5. The molecule has 0 bridgehead atoms. The summed E-state index contributed by atoms with van der Waals surface area (Å²) in [5, 5.41) is 2.37. The van der Waals surface area contributed by atoms with Crippen LogP contribution in [0.2, 0.25) is 0 Å². The number of hydrogen-bond donors (Lipinski definition) is 1. The van der Waals surface area contributed by atoms with Gasteiger partial charge in [0.15, 0.2) is 5.78 Å². The summed E-state index contributed by atoms with van der Waals surface area (Å²) in [5.74, 6) is -1.12. The Kier molecular flexibility index (Phi) is 7.08. The Labute approximate surface area is 129 Å². The lowest BCUT2D eigenvalue weighted by molar-refractivity contribution is -0.147. The second-order valence-corrected chi connectivity index (χ2v) is 5.10. The summed E-state index contributed by atoms with van der Waals surface area (Å²) < 4.78 is 9.59. The van der Waals surface area contributed by atoms with E-state index >= 15 is 0 Å². The second-order valence-electron chi connectivity index (χ2n) is 5.10. The molecular formula is C16H21NO5. The molecule has 0 aliphatic carbocycles. The van der Waals surface area contributed by atoms with E-state index < -0.39 is 18.1 Å². The molecule has 0 spiro atoms. The Morgan fingerprint density at radius 1 is 1.14 bits per heavy atom. The van der Waals surface area contributed by atoms with E-state index in [0.29, 0.717) is 0 Å². The fraction of sp³-hybridized carbons (Fsp3) is 0.438. The molecule has 0 aliphatic heterocycles. The lowest BCUT2D eigenvalue weighted by Crippen LogP contribution is -2.44. The highest BCUT2D eigenvalue weighted by Crippen LogP contribution is 2.07. The minimum atomic E-state index is -0.948. The number of rotatable bonds is 7. The van der Waals surface area contributed by atoms with E-state index in [9.17, 15) is 14.4 Å². The van der Waals surface area contributed by atoms with Crippen LogP contribution in [-0.4, -0.2) is 31.0 Å². The van der Waals surface area contributed by atoms with Gasteiger partial charge in [-0.05, 0) is 5.56 Å². The maximum atomic E-state index is 12.0. The molecule has 1 aromatic carbocycles. The first-order valence-electron chi connectivity index (χ1n) is 7.01. The van der Waals surface area contributed by atoms with Crippen molar-refractivity contribution in [3.63, 3.8) is 0 Å². The summed E-state index contributed by atoms with van der Waals surface area (Å²) >= 11 is 0. The molecule has 1 rings (SSSR count). The molecule has 22 heavy (non-hydrogen) atoms. The smallest absolute Gasteiger partial charge is 0.407 e. The molecule has 120 valence electrons. The fourth-order valence-corrected chi connectivity index (χ4v) is 1.79. The Bertz CT molecular complexity index is 513. The quantitative estimate of drug-likeness (QED) is 0.780. The van der Waals surface area contributed by atoms with Crippen LogP contribution in [0.15, 0.2) is 30.3 Å². The van der Waals surface area contributed by atoms with Gasteiger partial charge in [-0.25, -0.2) is 4.79 Å². The number of nitrogens with one attached hydrogen (secondary N) is 1. The van der Waals surface area contributed by atoms with Crippen molar-refractivity contribution in [2.75, 3.05) is 7.11 Å². The number of esters is 1. The minimum Gasteiger partial charge on any atom is -0.461 e. The lowest BCUT2D eigenvalue weighted by atomic mass is 9.99. The Morgan fingerprint density at radius 3 is 2.32 bits per heavy atom. The van der Waals surface area contributed by atoms with Crippen molar-refractivity contribution in [2.45, 2.75) is 32.9 Å². The zero-order valence-electron chi connectivity index (χ0n) is 13.0. The number of Topliss-reactive ketones (excluding diaryl/α,β-unsaturated/α-hetero) is 1. The van der Waals surface area contributed by atoms with E-state index in [0.717, 1.165) is 5.56 Å². The molecule has 0 saturated carbocycles. The molecule has 0 unspecified atom stereocenters. The van der Waals surface area contributed by atoms with Crippen LogP contribution in [-0.2, 0) is 25.7 Å². The van der Waals surface area contributed by atoms with Crippen molar-refractivity contribution in [3.05, 3.63) is 35.9 Å². The van der Waals surface area contributed by atoms with Crippen LogP contribution in [0.25, 0.3) is 0 Å². The number of amides is 1. The first-order chi connectivity index (χ1) is 10.4. The largest absolute Gasteiger partial charge is 0.461 e. The highest BCUT2D eigenvalue weighted by molar-refractivity contribution is 5.92. The van der Waals surface area contributed by atoms with Crippen LogP contribution in [0.4, 0.5) is 4.79 Å². The summed E-state index contributed by atoms with van der Waals surface area (Å²) in [6.07, 6.45) is -0.978. The first-order valence-corrected chi connectivity index (χ1v) is 7.01. The lowest BCUT2D eigenvalue weighted by Gasteiger charge is -2.18. The summed E-state index contributed by atoms with van der Waals surface area (Å²) in [5.41, 5.74) is 0.850. The van der Waals surface area contributed by atoms with Gasteiger partial charge < -0.3 is 14.8 Å². The third-order valence-corrected chi connectivity index (χ3v) is 3.00. The molecule has 0 heterocycles. The molecule has 0 radical (unpaired) electrons. The highest BCUT2D eigenvalue weighted by Gasteiger charge is 2.26. The van der Waals surface area contributed by atoms with Gasteiger partial charge in [0, 0.05) is 5.92 Å². The minimum absolute atomic E-state index is 0.125. The van der Waals surface area contributed by atoms with Gasteiger partial charge in [0.05, 0.1) is 13.5 Å². The van der Waals surface area contributed by atoms with Crippen LogP contribution in [0.1, 0.15) is 25.8 Å². The van der Waals surface area contributed by atoms with E-state index in [4.69, 9.17) is 4.74 Å².